The normalized spacial score (nSPS) is 13.3. The Kier molecular flexibility index (Phi) is 3.08. The van der Waals surface area contributed by atoms with Gasteiger partial charge < -0.3 is 14.6 Å². The van der Waals surface area contributed by atoms with Gasteiger partial charge in [0.25, 0.3) is 5.89 Å². The Morgan fingerprint density at radius 1 is 1.24 bits per heavy atom. The van der Waals surface area contributed by atoms with Crippen LogP contribution in [0.1, 0.15) is 10.7 Å². The number of nitrogens with zero attached hydrogens (tertiary/aromatic N) is 2. The van der Waals surface area contributed by atoms with Gasteiger partial charge in [-0.2, -0.15) is 4.98 Å². The number of para-hydroxylation sites is 1. The number of aromatic nitrogens is 2. The molecule has 0 amide bonds. The van der Waals surface area contributed by atoms with Gasteiger partial charge in [0.05, 0.1) is 11.3 Å². The lowest BCUT2D eigenvalue weighted by Crippen LogP contribution is -2.18. The highest BCUT2D eigenvalue weighted by atomic mass is 32.1. The summed E-state index contributed by atoms with van der Waals surface area (Å²) in [4.78, 5) is 5.70. The van der Waals surface area contributed by atoms with Crippen LogP contribution >= 0.6 is 11.3 Å². The molecule has 21 heavy (non-hydrogen) atoms. The lowest BCUT2D eigenvalue weighted by Gasteiger charge is -2.20. The molecule has 1 aliphatic rings. The van der Waals surface area contributed by atoms with Gasteiger partial charge in [-0.05, 0) is 23.6 Å². The average Bonchev–Trinajstić information content (AvgIpc) is 3.19. The van der Waals surface area contributed by atoms with E-state index in [0.717, 1.165) is 23.5 Å². The lowest BCUT2D eigenvalue weighted by atomic mass is 10.1. The number of benzene rings is 1. The van der Waals surface area contributed by atoms with E-state index in [9.17, 15) is 0 Å². The molecule has 1 N–H and O–H groups in total. The first-order valence-corrected chi connectivity index (χ1v) is 7.63. The second kappa shape index (κ2) is 5.21. The molecule has 3 heterocycles. The molecule has 3 aromatic rings. The summed E-state index contributed by atoms with van der Waals surface area (Å²) in [5.74, 6) is 1.98. The van der Waals surface area contributed by atoms with Gasteiger partial charge in [-0.3, -0.25) is 0 Å². The SMILES string of the molecule is c1csc(Cc2noc(-c3cccc4c3OCCN4)n2)c1. The van der Waals surface area contributed by atoms with Crippen molar-refractivity contribution in [3.63, 3.8) is 0 Å². The molecule has 1 aromatic carbocycles. The van der Waals surface area contributed by atoms with Crippen LogP contribution in [0, 0.1) is 0 Å². The first-order valence-electron chi connectivity index (χ1n) is 6.75. The van der Waals surface area contributed by atoms with E-state index in [1.165, 1.54) is 4.88 Å². The van der Waals surface area contributed by atoms with Crippen LogP contribution in [0.15, 0.2) is 40.2 Å². The van der Waals surface area contributed by atoms with E-state index in [-0.39, 0.29) is 0 Å². The molecule has 2 aromatic heterocycles. The molecule has 0 saturated heterocycles. The Morgan fingerprint density at radius 2 is 2.24 bits per heavy atom. The molecule has 0 saturated carbocycles. The molecule has 6 heteroatoms. The monoisotopic (exact) mass is 299 g/mol. The van der Waals surface area contributed by atoms with Gasteiger partial charge in [0.15, 0.2) is 11.6 Å². The minimum Gasteiger partial charge on any atom is -0.489 e. The molecular weight excluding hydrogens is 286 g/mol. The predicted molar refractivity (Wildman–Crippen MR) is 80.8 cm³/mol. The second-order valence-electron chi connectivity index (χ2n) is 4.73. The number of nitrogens with one attached hydrogen (secondary N) is 1. The molecule has 0 bridgehead atoms. The molecule has 106 valence electrons. The Balaban J connectivity index is 1.67. The number of hydrogen-bond donors (Lipinski definition) is 1. The Bertz CT molecular complexity index is 752. The first kappa shape index (κ1) is 12.4. The quantitative estimate of drug-likeness (QED) is 0.805. The minimum atomic E-state index is 0.502. The van der Waals surface area contributed by atoms with Crippen molar-refractivity contribution in [2.45, 2.75) is 6.42 Å². The van der Waals surface area contributed by atoms with Crippen LogP contribution in [0.5, 0.6) is 5.75 Å². The summed E-state index contributed by atoms with van der Waals surface area (Å²) in [7, 11) is 0. The maximum absolute atomic E-state index is 5.74. The summed E-state index contributed by atoms with van der Waals surface area (Å²) >= 11 is 1.69. The van der Waals surface area contributed by atoms with E-state index in [2.05, 4.69) is 21.5 Å². The number of ether oxygens (including phenoxy) is 1. The molecule has 0 radical (unpaired) electrons. The van der Waals surface area contributed by atoms with Crippen LogP contribution in [0.3, 0.4) is 0 Å². The van der Waals surface area contributed by atoms with Crippen molar-refractivity contribution in [3.05, 3.63) is 46.4 Å². The maximum Gasteiger partial charge on any atom is 0.261 e. The third-order valence-electron chi connectivity index (χ3n) is 3.29. The molecule has 1 aliphatic heterocycles. The van der Waals surface area contributed by atoms with E-state index in [0.29, 0.717) is 24.7 Å². The van der Waals surface area contributed by atoms with Crippen molar-refractivity contribution >= 4 is 17.0 Å². The number of rotatable bonds is 3. The highest BCUT2D eigenvalue weighted by Crippen LogP contribution is 2.37. The zero-order valence-electron chi connectivity index (χ0n) is 11.2. The Morgan fingerprint density at radius 3 is 3.14 bits per heavy atom. The molecule has 0 fully saturated rings. The fraction of sp³-hybridized carbons (Fsp3) is 0.200. The topological polar surface area (TPSA) is 60.2 Å². The van der Waals surface area contributed by atoms with Gasteiger partial charge >= 0.3 is 0 Å². The van der Waals surface area contributed by atoms with Gasteiger partial charge in [-0.1, -0.05) is 17.3 Å². The van der Waals surface area contributed by atoms with Crippen LogP contribution in [-0.2, 0) is 6.42 Å². The minimum absolute atomic E-state index is 0.502. The number of fused-ring (bicyclic) bond motifs is 1. The van der Waals surface area contributed by atoms with E-state index >= 15 is 0 Å². The summed E-state index contributed by atoms with van der Waals surface area (Å²) in [6.45, 7) is 1.45. The summed E-state index contributed by atoms with van der Waals surface area (Å²) in [6, 6.07) is 9.97. The fourth-order valence-electron chi connectivity index (χ4n) is 2.34. The molecule has 4 rings (SSSR count). The number of anilines is 1. The average molecular weight is 299 g/mol. The van der Waals surface area contributed by atoms with Crippen molar-refractivity contribution in [1.82, 2.24) is 10.1 Å². The molecule has 0 unspecified atom stereocenters. The van der Waals surface area contributed by atoms with Crippen molar-refractivity contribution in [1.29, 1.82) is 0 Å². The second-order valence-corrected chi connectivity index (χ2v) is 5.76. The fourth-order valence-corrected chi connectivity index (χ4v) is 3.04. The molecule has 5 nitrogen and oxygen atoms in total. The van der Waals surface area contributed by atoms with Crippen LogP contribution in [0.4, 0.5) is 5.69 Å². The number of hydrogen-bond acceptors (Lipinski definition) is 6. The van der Waals surface area contributed by atoms with Gasteiger partial charge in [0.1, 0.15) is 6.61 Å². The third kappa shape index (κ3) is 2.38. The molecule has 0 aliphatic carbocycles. The highest BCUT2D eigenvalue weighted by molar-refractivity contribution is 7.09. The van der Waals surface area contributed by atoms with Crippen LogP contribution in [0.2, 0.25) is 0 Å². The predicted octanol–water partition coefficient (Wildman–Crippen LogP) is 3.19. The lowest BCUT2D eigenvalue weighted by molar-refractivity contribution is 0.322. The van der Waals surface area contributed by atoms with Crippen LogP contribution in [0.25, 0.3) is 11.5 Å². The summed E-state index contributed by atoms with van der Waals surface area (Å²) < 4.78 is 11.1. The maximum atomic E-state index is 5.74. The molecular formula is C15H13N3O2S. The summed E-state index contributed by atoms with van der Waals surface area (Å²) in [6.07, 6.45) is 0.690. The largest absolute Gasteiger partial charge is 0.489 e. The van der Waals surface area contributed by atoms with Gasteiger partial charge in [0, 0.05) is 17.8 Å². The van der Waals surface area contributed by atoms with Gasteiger partial charge in [-0.25, -0.2) is 0 Å². The van der Waals surface area contributed by atoms with Gasteiger partial charge in [0.2, 0.25) is 0 Å². The van der Waals surface area contributed by atoms with Crippen molar-refractivity contribution < 1.29 is 9.26 Å². The highest BCUT2D eigenvalue weighted by Gasteiger charge is 2.19. The van der Waals surface area contributed by atoms with Gasteiger partial charge in [-0.15, -0.1) is 11.3 Å². The Labute approximate surface area is 125 Å². The standard InChI is InChI=1S/C15H13N3O2S/c1-4-11(14-12(5-1)16-6-7-19-14)15-17-13(18-20-15)9-10-3-2-8-21-10/h1-5,8,16H,6-7,9H2. The number of thiophene rings is 1. The first-order chi connectivity index (χ1) is 10.4. The van der Waals surface area contributed by atoms with E-state index in [1.807, 2.05) is 29.6 Å². The molecule has 0 atom stereocenters. The summed E-state index contributed by atoms with van der Waals surface area (Å²) in [5.41, 5.74) is 1.81. The van der Waals surface area contributed by atoms with Crippen LogP contribution < -0.4 is 10.1 Å². The van der Waals surface area contributed by atoms with Crippen molar-refractivity contribution in [2.75, 3.05) is 18.5 Å². The molecule has 0 spiro atoms. The zero-order valence-corrected chi connectivity index (χ0v) is 12.0. The van der Waals surface area contributed by atoms with E-state index in [1.54, 1.807) is 11.3 Å². The van der Waals surface area contributed by atoms with Crippen molar-refractivity contribution in [3.8, 4) is 17.2 Å². The van der Waals surface area contributed by atoms with E-state index < -0.39 is 0 Å². The Hall–Kier alpha value is -2.34. The van der Waals surface area contributed by atoms with Crippen LogP contribution in [-0.4, -0.2) is 23.3 Å². The smallest absolute Gasteiger partial charge is 0.261 e. The van der Waals surface area contributed by atoms with Crippen molar-refractivity contribution in [2.24, 2.45) is 0 Å². The van der Waals surface area contributed by atoms with E-state index in [4.69, 9.17) is 9.26 Å². The summed E-state index contributed by atoms with van der Waals surface area (Å²) in [5, 5.41) is 9.41. The zero-order chi connectivity index (χ0) is 14.1. The third-order valence-corrected chi connectivity index (χ3v) is 4.17.